The third-order valence-electron chi connectivity index (χ3n) is 0.633. The molecule has 0 aliphatic heterocycles. The molecule has 0 saturated carbocycles. The van der Waals surface area contributed by atoms with Crippen molar-refractivity contribution >= 4 is 18.3 Å². The average molecular weight is 145 g/mol. The maximum Gasteiger partial charge on any atom is 0.330 e. The van der Waals surface area contributed by atoms with Gasteiger partial charge < -0.3 is 4.84 Å². The van der Waals surface area contributed by atoms with Crippen LogP contribution in [0.3, 0.4) is 0 Å². The Labute approximate surface area is 57.5 Å². The van der Waals surface area contributed by atoms with Crippen LogP contribution in [-0.4, -0.2) is 23.3 Å². The zero-order valence-electron chi connectivity index (χ0n) is 5.66. The second kappa shape index (κ2) is 3.60. The van der Waals surface area contributed by atoms with Gasteiger partial charge in [0, 0.05) is 13.8 Å². The van der Waals surface area contributed by atoms with E-state index in [2.05, 4.69) is 4.84 Å². The van der Waals surface area contributed by atoms with Crippen LogP contribution in [0.2, 0.25) is 0 Å². The summed E-state index contributed by atoms with van der Waals surface area (Å²) < 4.78 is 0. The minimum atomic E-state index is -0.706. The van der Waals surface area contributed by atoms with Gasteiger partial charge in [0.05, 0.1) is 0 Å². The van der Waals surface area contributed by atoms with Crippen molar-refractivity contribution in [2.24, 2.45) is 0 Å². The molecule has 0 unspecified atom stereocenters. The van der Waals surface area contributed by atoms with E-state index in [0.29, 0.717) is 5.06 Å². The predicted octanol–water partition coefficient (Wildman–Crippen LogP) is -0.531. The Morgan fingerprint density at radius 2 is 1.90 bits per heavy atom. The summed E-state index contributed by atoms with van der Waals surface area (Å²) in [6.07, 6.45) is 0.129. The Bertz CT molecular complexity index is 165. The zero-order valence-corrected chi connectivity index (χ0v) is 5.66. The summed E-state index contributed by atoms with van der Waals surface area (Å²) in [6.45, 7) is 2.21. The summed E-state index contributed by atoms with van der Waals surface area (Å²) in [5.41, 5.74) is 0. The van der Waals surface area contributed by atoms with Gasteiger partial charge in [-0.1, -0.05) is 0 Å². The van der Waals surface area contributed by atoms with Gasteiger partial charge in [-0.2, -0.15) is 0 Å². The van der Waals surface area contributed by atoms with E-state index in [4.69, 9.17) is 0 Å². The van der Waals surface area contributed by atoms with Crippen molar-refractivity contribution in [1.82, 2.24) is 5.06 Å². The minimum absolute atomic E-state index is 0.129. The summed E-state index contributed by atoms with van der Waals surface area (Å²) in [5.74, 6) is -1.34. The minimum Gasteiger partial charge on any atom is -0.331 e. The second-order valence-electron chi connectivity index (χ2n) is 1.53. The Kier molecular flexibility index (Phi) is 3.10. The Balaban J connectivity index is 3.96. The molecule has 0 fully saturated rings. The van der Waals surface area contributed by atoms with Gasteiger partial charge in [-0.3, -0.25) is 9.59 Å². The van der Waals surface area contributed by atoms with Gasteiger partial charge in [-0.05, 0) is 0 Å². The normalized spacial score (nSPS) is 8.20. The highest BCUT2D eigenvalue weighted by atomic mass is 16.7. The molecule has 0 aromatic heterocycles. The van der Waals surface area contributed by atoms with Gasteiger partial charge >= 0.3 is 5.97 Å². The number of amides is 2. The van der Waals surface area contributed by atoms with E-state index in [0.717, 1.165) is 13.8 Å². The summed E-state index contributed by atoms with van der Waals surface area (Å²) in [5, 5.41) is 0.322. The molecule has 0 N–H and O–H groups in total. The van der Waals surface area contributed by atoms with E-state index in [-0.39, 0.29) is 6.41 Å². The van der Waals surface area contributed by atoms with Gasteiger partial charge in [-0.15, -0.1) is 5.06 Å². The first kappa shape index (κ1) is 8.61. The maximum atomic E-state index is 10.3. The fourth-order valence-electron chi connectivity index (χ4n) is 0.299. The SMILES string of the molecule is CC(=O)ON(C=O)C(C)=O. The molecule has 5 heteroatoms. The van der Waals surface area contributed by atoms with E-state index < -0.39 is 11.9 Å². The highest BCUT2D eigenvalue weighted by Crippen LogP contribution is 1.86. The number of rotatable bonds is 1. The topological polar surface area (TPSA) is 63.7 Å². The van der Waals surface area contributed by atoms with Gasteiger partial charge in [0.15, 0.2) is 0 Å². The van der Waals surface area contributed by atoms with Crippen LogP contribution in [0.25, 0.3) is 0 Å². The first-order valence-corrected chi connectivity index (χ1v) is 2.51. The van der Waals surface area contributed by atoms with Crippen molar-refractivity contribution in [2.45, 2.75) is 13.8 Å². The van der Waals surface area contributed by atoms with Crippen LogP contribution >= 0.6 is 0 Å². The summed E-state index contributed by atoms with van der Waals surface area (Å²) in [6, 6.07) is 0. The molecule has 0 radical (unpaired) electrons. The van der Waals surface area contributed by atoms with Crippen LogP contribution < -0.4 is 0 Å². The molecule has 0 atom stereocenters. The zero-order chi connectivity index (χ0) is 8.15. The molecule has 0 aliphatic carbocycles. The molecule has 0 heterocycles. The van der Waals surface area contributed by atoms with Crippen LogP contribution in [0.15, 0.2) is 0 Å². The third kappa shape index (κ3) is 2.81. The van der Waals surface area contributed by atoms with Crippen LogP contribution in [0.5, 0.6) is 0 Å². The molecule has 0 aliphatic rings. The molecule has 0 bridgehead atoms. The first-order valence-electron chi connectivity index (χ1n) is 2.51. The Hall–Kier alpha value is -1.39. The van der Waals surface area contributed by atoms with Crippen molar-refractivity contribution in [3.63, 3.8) is 0 Å². The van der Waals surface area contributed by atoms with Gasteiger partial charge in [-0.25, -0.2) is 4.79 Å². The smallest absolute Gasteiger partial charge is 0.330 e. The lowest BCUT2D eigenvalue weighted by Gasteiger charge is -2.08. The lowest BCUT2D eigenvalue weighted by molar-refractivity contribution is -0.193. The molecule has 10 heavy (non-hydrogen) atoms. The first-order chi connectivity index (χ1) is 4.57. The van der Waals surface area contributed by atoms with E-state index in [1.807, 2.05) is 0 Å². The van der Waals surface area contributed by atoms with Crippen molar-refractivity contribution < 1.29 is 19.2 Å². The van der Waals surface area contributed by atoms with E-state index in [1.165, 1.54) is 0 Å². The number of hydrogen-bond acceptors (Lipinski definition) is 4. The number of hydrogen-bond donors (Lipinski definition) is 0. The monoisotopic (exact) mass is 145 g/mol. The largest absolute Gasteiger partial charge is 0.331 e. The highest BCUT2D eigenvalue weighted by Gasteiger charge is 2.09. The van der Waals surface area contributed by atoms with Gasteiger partial charge in [0.1, 0.15) is 0 Å². The molecular formula is C5H7NO4. The fourth-order valence-corrected chi connectivity index (χ4v) is 0.299. The molecule has 5 nitrogen and oxygen atoms in total. The lowest BCUT2D eigenvalue weighted by Crippen LogP contribution is -2.29. The van der Waals surface area contributed by atoms with Gasteiger partial charge in [0.2, 0.25) is 0 Å². The number of imide groups is 1. The second-order valence-corrected chi connectivity index (χ2v) is 1.53. The van der Waals surface area contributed by atoms with Gasteiger partial charge in [0.25, 0.3) is 12.3 Å². The van der Waals surface area contributed by atoms with Crippen molar-refractivity contribution in [1.29, 1.82) is 0 Å². The van der Waals surface area contributed by atoms with E-state index in [9.17, 15) is 14.4 Å². The Morgan fingerprint density at radius 1 is 1.40 bits per heavy atom. The lowest BCUT2D eigenvalue weighted by atomic mass is 10.7. The summed E-state index contributed by atoms with van der Waals surface area (Å²) in [7, 11) is 0. The number of carbonyl (C=O) groups is 3. The number of carbonyl (C=O) groups excluding carboxylic acids is 3. The molecule has 2 amide bonds. The summed E-state index contributed by atoms with van der Waals surface area (Å²) >= 11 is 0. The van der Waals surface area contributed by atoms with Crippen LogP contribution in [0.1, 0.15) is 13.8 Å². The fraction of sp³-hybridized carbons (Fsp3) is 0.400. The summed E-state index contributed by atoms with van der Waals surface area (Å²) in [4.78, 5) is 34.5. The predicted molar refractivity (Wildman–Crippen MR) is 30.3 cm³/mol. The van der Waals surface area contributed by atoms with Crippen LogP contribution in [-0.2, 0) is 19.2 Å². The highest BCUT2D eigenvalue weighted by molar-refractivity contribution is 5.84. The molecule has 0 spiro atoms. The molecule has 0 rings (SSSR count). The van der Waals surface area contributed by atoms with E-state index in [1.54, 1.807) is 0 Å². The number of nitrogens with zero attached hydrogens (tertiary/aromatic N) is 1. The van der Waals surface area contributed by atoms with Crippen molar-refractivity contribution in [2.75, 3.05) is 0 Å². The molecule has 56 valence electrons. The third-order valence-corrected chi connectivity index (χ3v) is 0.633. The molecule has 0 saturated heterocycles. The number of hydroxylamine groups is 2. The van der Waals surface area contributed by atoms with Crippen LogP contribution in [0, 0.1) is 0 Å². The average Bonchev–Trinajstić information content (AvgIpc) is 1.81. The van der Waals surface area contributed by atoms with Crippen molar-refractivity contribution in [3.8, 4) is 0 Å². The molecule has 0 aromatic carbocycles. The van der Waals surface area contributed by atoms with E-state index >= 15 is 0 Å². The quantitative estimate of drug-likeness (QED) is 0.367. The van der Waals surface area contributed by atoms with Crippen molar-refractivity contribution in [3.05, 3.63) is 0 Å². The Morgan fingerprint density at radius 3 is 2.00 bits per heavy atom. The standard InChI is InChI=1S/C5H7NO4/c1-4(8)6(3-7)10-5(2)9/h3H,1-2H3. The van der Waals surface area contributed by atoms with Crippen LogP contribution in [0.4, 0.5) is 0 Å². The molecular weight excluding hydrogens is 138 g/mol. The molecule has 0 aromatic rings. The maximum absolute atomic E-state index is 10.3.